The summed E-state index contributed by atoms with van der Waals surface area (Å²) in [6, 6.07) is 8.56. The Morgan fingerprint density at radius 3 is 2.38 bits per heavy atom. The lowest BCUT2D eigenvalue weighted by molar-refractivity contribution is 0.158. The van der Waals surface area contributed by atoms with Gasteiger partial charge in [-0.25, -0.2) is 4.98 Å². The number of nitrogens with one attached hydrogen (secondary N) is 4. The van der Waals surface area contributed by atoms with E-state index in [0.717, 1.165) is 62.5 Å². The van der Waals surface area contributed by atoms with Crippen LogP contribution in [0.3, 0.4) is 0 Å². The molecular weight excluding hydrogens is 404 g/mol. The summed E-state index contributed by atoms with van der Waals surface area (Å²) >= 11 is 0. The normalized spacial score (nSPS) is 17.5. The van der Waals surface area contributed by atoms with Gasteiger partial charge in [0.2, 0.25) is 17.8 Å². The van der Waals surface area contributed by atoms with Crippen molar-refractivity contribution >= 4 is 28.9 Å². The van der Waals surface area contributed by atoms with Gasteiger partial charge in [-0.1, -0.05) is 12.1 Å². The van der Waals surface area contributed by atoms with Crippen molar-refractivity contribution in [3.8, 4) is 0 Å². The molecule has 3 heterocycles. The fourth-order valence-corrected chi connectivity index (χ4v) is 3.82. The summed E-state index contributed by atoms with van der Waals surface area (Å²) in [5.41, 5.74) is 2.05. The van der Waals surface area contributed by atoms with E-state index in [1.807, 2.05) is 24.3 Å². The Morgan fingerprint density at radius 1 is 0.906 bits per heavy atom. The highest BCUT2D eigenvalue weighted by Gasteiger charge is 2.22. The molecule has 1 aromatic carbocycles. The van der Waals surface area contributed by atoms with Crippen molar-refractivity contribution in [1.29, 1.82) is 0 Å². The highest BCUT2D eigenvalue weighted by Crippen LogP contribution is 2.23. The predicted octanol–water partition coefficient (Wildman–Crippen LogP) is 1.64. The minimum atomic E-state index is 0.485. The molecule has 1 saturated carbocycles. The van der Waals surface area contributed by atoms with Crippen LogP contribution in [0.25, 0.3) is 11.0 Å². The summed E-state index contributed by atoms with van der Waals surface area (Å²) in [5.74, 6) is 2.79. The molecule has 0 bridgehead atoms. The average Bonchev–Trinajstić information content (AvgIpc) is 3.50. The number of hydrogen-bond donors (Lipinski definition) is 4. The first-order chi connectivity index (χ1) is 15.7. The summed E-state index contributed by atoms with van der Waals surface area (Å²) < 4.78 is 0. The molecule has 4 N–H and O–H groups in total. The lowest BCUT2D eigenvalue weighted by atomic mass is 10.3. The molecule has 0 spiro atoms. The Morgan fingerprint density at radius 2 is 1.62 bits per heavy atom. The molecule has 1 aliphatic heterocycles. The molecule has 10 heteroatoms. The maximum absolute atomic E-state index is 4.64. The molecule has 0 atom stereocenters. The number of anilines is 3. The van der Waals surface area contributed by atoms with E-state index >= 15 is 0 Å². The van der Waals surface area contributed by atoms with Crippen LogP contribution in [0.4, 0.5) is 17.8 Å². The van der Waals surface area contributed by atoms with E-state index in [0.29, 0.717) is 30.4 Å². The smallest absolute Gasteiger partial charge is 0.229 e. The third-order valence-corrected chi connectivity index (χ3v) is 5.94. The van der Waals surface area contributed by atoms with Gasteiger partial charge in [0, 0.05) is 58.3 Å². The van der Waals surface area contributed by atoms with Gasteiger partial charge in [-0.15, -0.1) is 0 Å². The van der Waals surface area contributed by atoms with Crippen molar-refractivity contribution in [3.63, 3.8) is 0 Å². The maximum atomic E-state index is 4.64. The number of hydrogen-bond acceptors (Lipinski definition) is 9. The number of para-hydroxylation sites is 2. The Hall–Kier alpha value is -2.98. The molecule has 10 nitrogen and oxygen atoms in total. The third-order valence-electron chi connectivity index (χ3n) is 5.94. The van der Waals surface area contributed by atoms with Gasteiger partial charge in [0.05, 0.1) is 11.0 Å². The summed E-state index contributed by atoms with van der Waals surface area (Å²) in [6.07, 6.45) is 3.11. The van der Waals surface area contributed by atoms with Crippen LogP contribution in [0.1, 0.15) is 18.7 Å². The van der Waals surface area contributed by atoms with Crippen LogP contribution in [0.2, 0.25) is 0 Å². The van der Waals surface area contributed by atoms with E-state index < -0.39 is 0 Å². The van der Waals surface area contributed by atoms with E-state index in [1.54, 1.807) is 0 Å². The molecule has 5 rings (SSSR count). The van der Waals surface area contributed by atoms with Crippen molar-refractivity contribution in [2.45, 2.75) is 25.3 Å². The Balaban J connectivity index is 1.17. The highest BCUT2D eigenvalue weighted by molar-refractivity contribution is 5.74. The van der Waals surface area contributed by atoms with E-state index in [2.05, 4.69) is 57.7 Å². The SMILES string of the molecule is CN1CCN(CCNc2nc(NCCc3nc4ccccc4[nH]3)nc(NC3CC3)n2)CC1. The van der Waals surface area contributed by atoms with E-state index in [4.69, 9.17) is 0 Å². The van der Waals surface area contributed by atoms with Crippen molar-refractivity contribution in [3.05, 3.63) is 30.1 Å². The maximum Gasteiger partial charge on any atom is 0.229 e. The average molecular weight is 437 g/mol. The number of fused-ring (bicyclic) bond motifs is 1. The standard InChI is InChI=1S/C22H32N10/c1-31-12-14-32(15-13-31)11-10-24-21-28-20(29-22(30-21)25-16-6-7-16)23-9-8-19-26-17-4-2-3-5-18(17)27-19/h2-5,16H,6-15H2,1H3,(H,26,27)(H3,23,24,25,28,29,30). The number of rotatable bonds is 10. The first kappa shape index (κ1) is 20.9. The van der Waals surface area contributed by atoms with Gasteiger partial charge in [-0.2, -0.15) is 15.0 Å². The Kier molecular flexibility index (Phi) is 6.31. The zero-order chi connectivity index (χ0) is 21.8. The molecule has 0 amide bonds. The number of likely N-dealkylation sites (N-methyl/N-ethyl adjacent to an activating group) is 1. The first-order valence-electron chi connectivity index (χ1n) is 11.6. The second-order valence-electron chi connectivity index (χ2n) is 8.67. The van der Waals surface area contributed by atoms with Gasteiger partial charge in [0.25, 0.3) is 0 Å². The second-order valence-corrected chi connectivity index (χ2v) is 8.67. The van der Waals surface area contributed by atoms with Crippen LogP contribution in [-0.2, 0) is 6.42 Å². The number of aromatic amines is 1. The van der Waals surface area contributed by atoms with Crippen molar-refractivity contribution < 1.29 is 0 Å². The molecule has 2 aliphatic rings. The Labute approximate surface area is 188 Å². The van der Waals surface area contributed by atoms with Crippen molar-refractivity contribution in [2.24, 2.45) is 0 Å². The number of imidazole rings is 1. The summed E-state index contributed by atoms with van der Waals surface area (Å²) in [7, 11) is 2.18. The molecular formula is C22H32N10. The van der Waals surface area contributed by atoms with Gasteiger partial charge >= 0.3 is 0 Å². The van der Waals surface area contributed by atoms with Crippen LogP contribution in [0.15, 0.2) is 24.3 Å². The Bertz CT molecular complexity index is 989. The summed E-state index contributed by atoms with van der Waals surface area (Å²) in [4.78, 5) is 26.6. The van der Waals surface area contributed by atoms with Gasteiger partial charge in [-0.3, -0.25) is 4.90 Å². The molecule has 3 aromatic rings. The van der Waals surface area contributed by atoms with Crippen molar-refractivity contribution in [1.82, 2.24) is 34.7 Å². The molecule has 1 saturated heterocycles. The monoisotopic (exact) mass is 436 g/mol. The first-order valence-corrected chi connectivity index (χ1v) is 11.6. The molecule has 2 aromatic heterocycles. The predicted molar refractivity (Wildman–Crippen MR) is 127 cm³/mol. The second kappa shape index (κ2) is 9.66. The minimum Gasteiger partial charge on any atom is -0.354 e. The molecule has 170 valence electrons. The topological polar surface area (TPSA) is 110 Å². The number of piperazine rings is 1. The number of H-pyrrole nitrogens is 1. The van der Waals surface area contributed by atoms with Crippen LogP contribution >= 0.6 is 0 Å². The van der Waals surface area contributed by atoms with Crippen LogP contribution in [0, 0.1) is 0 Å². The zero-order valence-electron chi connectivity index (χ0n) is 18.6. The molecule has 1 aliphatic carbocycles. The van der Waals surface area contributed by atoms with E-state index in [-0.39, 0.29) is 0 Å². The molecule has 0 unspecified atom stereocenters. The summed E-state index contributed by atoms with van der Waals surface area (Å²) in [6.45, 7) is 6.96. The zero-order valence-corrected chi connectivity index (χ0v) is 18.6. The number of aromatic nitrogens is 5. The molecule has 2 fully saturated rings. The fraction of sp³-hybridized carbons (Fsp3) is 0.545. The quantitative estimate of drug-likeness (QED) is 0.377. The van der Waals surface area contributed by atoms with Gasteiger partial charge < -0.3 is 25.8 Å². The van der Waals surface area contributed by atoms with Crippen LogP contribution in [-0.4, -0.2) is 93.6 Å². The van der Waals surface area contributed by atoms with Gasteiger partial charge in [-0.05, 0) is 32.0 Å². The van der Waals surface area contributed by atoms with Crippen molar-refractivity contribution in [2.75, 3.05) is 68.8 Å². The fourth-order valence-electron chi connectivity index (χ4n) is 3.82. The lowest BCUT2D eigenvalue weighted by Gasteiger charge is -2.32. The minimum absolute atomic E-state index is 0.485. The van der Waals surface area contributed by atoms with Crippen LogP contribution < -0.4 is 16.0 Å². The summed E-state index contributed by atoms with van der Waals surface area (Å²) in [5, 5.41) is 10.1. The molecule has 0 radical (unpaired) electrons. The van der Waals surface area contributed by atoms with Crippen LogP contribution in [0.5, 0.6) is 0 Å². The van der Waals surface area contributed by atoms with Gasteiger partial charge in [0.15, 0.2) is 0 Å². The number of nitrogens with zero attached hydrogens (tertiary/aromatic N) is 6. The molecule has 32 heavy (non-hydrogen) atoms. The largest absolute Gasteiger partial charge is 0.354 e. The van der Waals surface area contributed by atoms with E-state index in [1.165, 1.54) is 12.8 Å². The lowest BCUT2D eigenvalue weighted by Crippen LogP contribution is -2.45. The number of benzene rings is 1. The highest BCUT2D eigenvalue weighted by atomic mass is 15.3. The van der Waals surface area contributed by atoms with Gasteiger partial charge in [0.1, 0.15) is 5.82 Å². The third kappa shape index (κ3) is 5.63. The van der Waals surface area contributed by atoms with E-state index in [9.17, 15) is 0 Å².